The maximum absolute atomic E-state index is 12.8. The van der Waals surface area contributed by atoms with Crippen molar-refractivity contribution in [3.05, 3.63) is 29.3 Å². The highest BCUT2D eigenvalue weighted by molar-refractivity contribution is 5.97. The molecule has 0 bridgehead atoms. The predicted molar refractivity (Wildman–Crippen MR) is 77.0 cm³/mol. The third-order valence-corrected chi connectivity index (χ3v) is 4.41. The van der Waals surface area contributed by atoms with Crippen molar-refractivity contribution < 1.29 is 4.79 Å². The Morgan fingerprint density at radius 2 is 2.00 bits per heavy atom. The van der Waals surface area contributed by atoms with Crippen LogP contribution in [0.2, 0.25) is 0 Å². The highest BCUT2D eigenvalue weighted by Gasteiger charge is 2.42. The van der Waals surface area contributed by atoms with E-state index in [2.05, 4.69) is 11.8 Å². The van der Waals surface area contributed by atoms with Gasteiger partial charge in [0, 0.05) is 23.3 Å². The zero-order valence-electron chi connectivity index (χ0n) is 11.7. The molecule has 1 atom stereocenters. The van der Waals surface area contributed by atoms with E-state index in [9.17, 15) is 4.79 Å². The third-order valence-electron chi connectivity index (χ3n) is 4.41. The van der Waals surface area contributed by atoms with Crippen molar-refractivity contribution in [1.82, 2.24) is 4.90 Å². The summed E-state index contributed by atoms with van der Waals surface area (Å²) in [6, 6.07) is 6.46. The summed E-state index contributed by atoms with van der Waals surface area (Å²) in [6.07, 6.45) is 4.86. The molecule has 1 amide bonds. The van der Waals surface area contributed by atoms with Gasteiger partial charge >= 0.3 is 0 Å². The van der Waals surface area contributed by atoms with E-state index in [0.29, 0.717) is 23.7 Å². The van der Waals surface area contributed by atoms with Gasteiger partial charge in [0.25, 0.3) is 5.91 Å². The molecule has 0 heterocycles. The van der Waals surface area contributed by atoms with Crippen molar-refractivity contribution in [3.8, 4) is 0 Å². The monoisotopic (exact) mass is 258 g/mol. The number of benzene rings is 1. The zero-order valence-corrected chi connectivity index (χ0v) is 11.7. The first-order chi connectivity index (χ1) is 9.08. The van der Waals surface area contributed by atoms with Gasteiger partial charge in [0.2, 0.25) is 0 Å². The Labute approximate surface area is 114 Å². The number of nitrogens with zero attached hydrogens (tertiary/aromatic N) is 1. The lowest BCUT2D eigenvalue weighted by molar-refractivity contribution is 0.0653. The van der Waals surface area contributed by atoms with Crippen LogP contribution in [-0.2, 0) is 0 Å². The summed E-state index contributed by atoms with van der Waals surface area (Å²) in [5, 5.41) is 0. The molecule has 1 aromatic rings. The molecule has 3 rings (SSSR count). The second-order valence-electron chi connectivity index (χ2n) is 6.10. The Balaban J connectivity index is 1.89. The maximum atomic E-state index is 12.8. The molecule has 2 N–H and O–H groups in total. The molecule has 0 spiro atoms. The molecule has 102 valence electrons. The summed E-state index contributed by atoms with van der Waals surface area (Å²) >= 11 is 0. The number of hydrogen-bond acceptors (Lipinski definition) is 2. The van der Waals surface area contributed by atoms with Gasteiger partial charge in [0.15, 0.2) is 0 Å². The number of aryl methyl sites for hydroxylation is 1. The molecular weight excluding hydrogens is 236 g/mol. The minimum absolute atomic E-state index is 0.173. The lowest BCUT2D eigenvalue weighted by Crippen LogP contribution is -2.41. The molecule has 2 aliphatic carbocycles. The van der Waals surface area contributed by atoms with Crippen LogP contribution < -0.4 is 5.73 Å². The molecular formula is C16H22N2O. The summed E-state index contributed by atoms with van der Waals surface area (Å²) in [7, 11) is 0. The van der Waals surface area contributed by atoms with Crippen LogP contribution in [0.4, 0.5) is 5.69 Å². The van der Waals surface area contributed by atoms with Gasteiger partial charge in [-0.3, -0.25) is 4.79 Å². The molecule has 2 saturated carbocycles. The molecule has 1 unspecified atom stereocenters. The molecule has 19 heavy (non-hydrogen) atoms. The van der Waals surface area contributed by atoms with Crippen molar-refractivity contribution in [1.29, 1.82) is 0 Å². The van der Waals surface area contributed by atoms with Crippen LogP contribution >= 0.6 is 0 Å². The number of carbonyl (C=O) groups is 1. The van der Waals surface area contributed by atoms with Crippen LogP contribution in [0.25, 0.3) is 0 Å². The quantitative estimate of drug-likeness (QED) is 0.844. The fourth-order valence-corrected chi connectivity index (χ4v) is 2.85. The van der Waals surface area contributed by atoms with Crippen molar-refractivity contribution >= 4 is 11.6 Å². The van der Waals surface area contributed by atoms with Crippen molar-refractivity contribution in [2.24, 2.45) is 5.92 Å². The minimum atomic E-state index is 0.173. The molecule has 0 saturated heterocycles. The summed E-state index contributed by atoms with van der Waals surface area (Å²) in [6.45, 7) is 4.19. The topological polar surface area (TPSA) is 46.3 Å². The van der Waals surface area contributed by atoms with Gasteiger partial charge in [-0.15, -0.1) is 0 Å². The second-order valence-corrected chi connectivity index (χ2v) is 6.10. The fourth-order valence-electron chi connectivity index (χ4n) is 2.85. The number of anilines is 1. The highest BCUT2D eigenvalue weighted by atomic mass is 16.2. The molecule has 2 fully saturated rings. The van der Waals surface area contributed by atoms with E-state index in [4.69, 9.17) is 5.73 Å². The summed E-state index contributed by atoms with van der Waals surface area (Å²) < 4.78 is 0. The minimum Gasteiger partial charge on any atom is -0.399 e. The van der Waals surface area contributed by atoms with E-state index in [-0.39, 0.29) is 5.91 Å². The Kier molecular flexibility index (Phi) is 3.00. The molecule has 1 aromatic carbocycles. The van der Waals surface area contributed by atoms with Crippen LogP contribution in [-0.4, -0.2) is 22.9 Å². The largest absolute Gasteiger partial charge is 0.399 e. The molecule has 2 aliphatic rings. The number of hydrogen-bond donors (Lipinski definition) is 1. The second kappa shape index (κ2) is 4.55. The first-order valence-electron chi connectivity index (χ1n) is 7.26. The summed E-state index contributed by atoms with van der Waals surface area (Å²) in [5.74, 6) is 0.887. The number of amides is 1. The van der Waals surface area contributed by atoms with Crippen LogP contribution in [0, 0.1) is 12.8 Å². The van der Waals surface area contributed by atoms with Gasteiger partial charge in [0.1, 0.15) is 0 Å². The fraction of sp³-hybridized carbons (Fsp3) is 0.562. The number of nitrogen functional groups attached to an aromatic ring is 1. The number of carbonyl (C=O) groups excluding carboxylic acids is 1. The normalized spacial score (nSPS) is 20.1. The van der Waals surface area contributed by atoms with E-state index >= 15 is 0 Å². The van der Waals surface area contributed by atoms with E-state index in [0.717, 1.165) is 24.0 Å². The zero-order chi connectivity index (χ0) is 13.6. The highest BCUT2D eigenvalue weighted by Crippen LogP contribution is 2.40. The van der Waals surface area contributed by atoms with E-state index < -0.39 is 0 Å². The van der Waals surface area contributed by atoms with Gasteiger partial charge in [-0.1, -0.05) is 6.07 Å². The Hall–Kier alpha value is -1.51. The lowest BCUT2D eigenvalue weighted by Gasteiger charge is -2.30. The average molecular weight is 258 g/mol. The van der Waals surface area contributed by atoms with Gasteiger partial charge in [-0.2, -0.15) is 0 Å². The first-order valence-corrected chi connectivity index (χ1v) is 7.26. The Morgan fingerprint density at radius 3 is 2.58 bits per heavy atom. The van der Waals surface area contributed by atoms with E-state index in [1.165, 1.54) is 12.8 Å². The molecule has 3 heteroatoms. The molecule has 0 radical (unpaired) electrons. The smallest absolute Gasteiger partial charge is 0.254 e. The lowest BCUT2D eigenvalue weighted by atomic mass is 10.0. The van der Waals surface area contributed by atoms with Crippen LogP contribution in [0.3, 0.4) is 0 Å². The third kappa shape index (κ3) is 2.46. The molecule has 0 aromatic heterocycles. The van der Waals surface area contributed by atoms with Crippen molar-refractivity contribution in [2.75, 3.05) is 5.73 Å². The first kappa shape index (κ1) is 12.5. The Bertz CT molecular complexity index is 503. The maximum Gasteiger partial charge on any atom is 0.254 e. The SMILES string of the molecule is Cc1ccc(N)cc1C(=O)N(C1CC1)C(C)C1CC1. The van der Waals surface area contributed by atoms with Crippen LogP contribution in [0.1, 0.15) is 48.5 Å². The van der Waals surface area contributed by atoms with Crippen LogP contribution in [0.5, 0.6) is 0 Å². The van der Waals surface area contributed by atoms with Gasteiger partial charge in [-0.05, 0) is 63.1 Å². The van der Waals surface area contributed by atoms with E-state index in [1.54, 1.807) is 0 Å². The standard InChI is InChI=1S/C16H22N2O/c1-10-3-6-13(17)9-15(10)16(19)18(14-7-8-14)11(2)12-4-5-12/h3,6,9,11-12,14H,4-5,7-8,17H2,1-2H3. The van der Waals surface area contributed by atoms with Crippen molar-refractivity contribution in [2.45, 2.75) is 51.6 Å². The number of nitrogens with two attached hydrogens (primary N) is 1. The number of rotatable bonds is 4. The molecule has 0 aliphatic heterocycles. The predicted octanol–water partition coefficient (Wildman–Crippen LogP) is 2.98. The van der Waals surface area contributed by atoms with E-state index in [1.807, 2.05) is 25.1 Å². The molecule has 3 nitrogen and oxygen atoms in total. The van der Waals surface area contributed by atoms with Gasteiger partial charge in [-0.25, -0.2) is 0 Å². The van der Waals surface area contributed by atoms with Crippen molar-refractivity contribution in [3.63, 3.8) is 0 Å². The van der Waals surface area contributed by atoms with Gasteiger partial charge in [0.05, 0.1) is 0 Å². The average Bonchev–Trinajstić information content (AvgIpc) is 3.24. The Morgan fingerprint density at radius 1 is 1.32 bits per heavy atom. The van der Waals surface area contributed by atoms with Gasteiger partial charge < -0.3 is 10.6 Å². The van der Waals surface area contributed by atoms with Crippen LogP contribution in [0.15, 0.2) is 18.2 Å². The summed E-state index contributed by atoms with van der Waals surface area (Å²) in [5.41, 5.74) is 8.30. The summed E-state index contributed by atoms with van der Waals surface area (Å²) in [4.78, 5) is 15.0.